The van der Waals surface area contributed by atoms with Gasteiger partial charge in [-0.3, -0.25) is 9.78 Å². The van der Waals surface area contributed by atoms with Crippen LogP contribution >= 0.6 is 0 Å². The van der Waals surface area contributed by atoms with Crippen LogP contribution in [0.3, 0.4) is 0 Å². The first-order chi connectivity index (χ1) is 11.3. The summed E-state index contributed by atoms with van der Waals surface area (Å²) in [7, 11) is 0. The largest absolute Gasteiger partial charge is 0.372 e. The summed E-state index contributed by atoms with van der Waals surface area (Å²) in [5.74, 6) is 0.353. The van der Waals surface area contributed by atoms with Crippen LogP contribution in [0.25, 0.3) is 0 Å². The van der Waals surface area contributed by atoms with Crippen molar-refractivity contribution in [3.8, 4) is 0 Å². The van der Waals surface area contributed by atoms with Gasteiger partial charge in [-0.15, -0.1) is 10.2 Å². The highest BCUT2D eigenvalue weighted by molar-refractivity contribution is 5.63. The standard InChI is InChI=1S/C18H27N5O/c1-7-23(8-2)13-9-10-14(12(3)11-13)19-17-20-16(24)15(21-22-17)18(4,5)6/h9-11H,7-8H2,1-6H3,(H2,19,20,22,24). The number of anilines is 3. The van der Waals surface area contributed by atoms with E-state index in [-0.39, 0.29) is 11.0 Å². The van der Waals surface area contributed by atoms with Gasteiger partial charge in [-0.25, -0.2) is 0 Å². The third-order valence-corrected chi connectivity index (χ3v) is 4.00. The molecule has 2 N–H and O–H groups in total. The number of H-pyrrole nitrogens is 1. The highest BCUT2D eigenvalue weighted by atomic mass is 16.1. The van der Waals surface area contributed by atoms with Crippen molar-refractivity contribution in [2.75, 3.05) is 23.3 Å². The summed E-state index contributed by atoms with van der Waals surface area (Å²) in [4.78, 5) is 17.2. The molecular weight excluding hydrogens is 302 g/mol. The molecule has 0 spiro atoms. The predicted octanol–water partition coefficient (Wildman–Crippen LogP) is 3.36. The van der Waals surface area contributed by atoms with Crippen molar-refractivity contribution in [3.63, 3.8) is 0 Å². The molecule has 24 heavy (non-hydrogen) atoms. The van der Waals surface area contributed by atoms with Crippen LogP contribution in [0.4, 0.5) is 17.3 Å². The van der Waals surface area contributed by atoms with E-state index in [4.69, 9.17) is 0 Å². The van der Waals surface area contributed by atoms with Gasteiger partial charge < -0.3 is 10.2 Å². The molecule has 0 bridgehead atoms. The first-order valence-electron chi connectivity index (χ1n) is 8.36. The van der Waals surface area contributed by atoms with E-state index in [1.54, 1.807) is 0 Å². The summed E-state index contributed by atoms with van der Waals surface area (Å²) in [6.07, 6.45) is 0. The Bertz CT molecular complexity index is 757. The number of aryl methyl sites for hydroxylation is 1. The minimum absolute atomic E-state index is 0.211. The third-order valence-electron chi connectivity index (χ3n) is 4.00. The topological polar surface area (TPSA) is 73.9 Å². The van der Waals surface area contributed by atoms with Gasteiger partial charge >= 0.3 is 0 Å². The molecule has 0 atom stereocenters. The van der Waals surface area contributed by atoms with Crippen LogP contribution in [0.1, 0.15) is 45.9 Å². The molecule has 2 aromatic rings. The first-order valence-corrected chi connectivity index (χ1v) is 8.36. The van der Waals surface area contributed by atoms with Gasteiger partial charge in [0.25, 0.3) is 5.56 Å². The lowest BCUT2D eigenvalue weighted by Crippen LogP contribution is -2.28. The van der Waals surface area contributed by atoms with E-state index in [1.165, 1.54) is 5.69 Å². The Kier molecular flexibility index (Phi) is 5.26. The van der Waals surface area contributed by atoms with Crippen molar-refractivity contribution >= 4 is 17.3 Å². The summed E-state index contributed by atoms with van der Waals surface area (Å²) < 4.78 is 0. The molecule has 0 aliphatic rings. The van der Waals surface area contributed by atoms with Crippen LogP contribution in [-0.4, -0.2) is 28.3 Å². The molecule has 0 unspecified atom stereocenters. The number of hydrogen-bond donors (Lipinski definition) is 2. The number of aromatic amines is 1. The fourth-order valence-electron chi connectivity index (χ4n) is 2.59. The average molecular weight is 329 g/mol. The van der Waals surface area contributed by atoms with Crippen LogP contribution in [0, 0.1) is 6.92 Å². The zero-order valence-electron chi connectivity index (χ0n) is 15.4. The molecule has 1 aromatic carbocycles. The second kappa shape index (κ2) is 7.03. The monoisotopic (exact) mass is 329 g/mol. The van der Waals surface area contributed by atoms with Crippen LogP contribution in [0.5, 0.6) is 0 Å². The lowest BCUT2D eigenvalue weighted by atomic mass is 9.93. The maximum absolute atomic E-state index is 12.2. The predicted molar refractivity (Wildman–Crippen MR) is 99.4 cm³/mol. The molecular formula is C18H27N5O. The smallest absolute Gasteiger partial charge is 0.274 e. The lowest BCUT2D eigenvalue weighted by Gasteiger charge is -2.22. The van der Waals surface area contributed by atoms with Gasteiger partial charge in [0.1, 0.15) is 5.69 Å². The van der Waals surface area contributed by atoms with Gasteiger partial charge in [-0.1, -0.05) is 20.8 Å². The van der Waals surface area contributed by atoms with Crippen molar-refractivity contribution in [2.45, 2.75) is 47.0 Å². The molecule has 0 aliphatic carbocycles. The average Bonchev–Trinajstić information content (AvgIpc) is 2.50. The molecule has 1 aromatic heterocycles. The molecule has 6 nitrogen and oxygen atoms in total. The third kappa shape index (κ3) is 3.93. The maximum Gasteiger partial charge on any atom is 0.274 e. The molecule has 0 aliphatic heterocycles. The van der Waals surface area contributed by atoms with Gasteiger partial charge in [0.2, 0.25) is 5.95 Å². The summed E-state index contributed by atoms with van der Waals surface area (Å²) in [6.45, 7) is 14.1. The molecule has 1 heterocycles. The number of nitrogens with zero attached hydrogens (tertiary/aromatic N) is 3. The van der Waals surface area contributed by atoms with Crippen molar-refractivity contribution in [3.05, 3.63) is 39.8 Å². The second-order valence-electron chi connectivity index (χ2n) is 6.90. The van der Waals surface area contributed by atoms with E-state index in [2.05, 4.69) is 51.4 Å². The molecule has 2 rings (SSSR count). The number of rotatable bonds is 5. The highest BCUT2D eigenvalue weighted by Gasteiger charge is 2.20. The first kappa shape index (κ1) is 18.0. The van der Waals surface area contributed by atoms with E-state index in [9.17, 15) is 4.79 Å². The summed E-state index contributed by atoms with van der Waals surface area (Å²) in [5, 5.41) is 11.3. The van der Waals surface area contributed by atoms with E-state index in [0.29, 0.717) is 11.6 Å². The van der Waals surface area contributed by atoms with Gasteiger partial charge in [-0.2, -0.15) is 0 Å². The van der Waals surface area contributed by atoms with E-state index in [0.717, 1.165) is 24.3 Å². The van der Waals surface area contributed by atoms with E-state index in [1.807, 2.05) is 33.8 Å². The van der Waals surface area contributed by atoms with Crippen LogP contribution in [0.15, 0.2) is 23.0 Å². The normalized spacial score (nSPS) is 11.4. The summed E-state index contributed by atoms with van der Waals surface area (Å²) >= 11 is 0. The van der Waals surface area contributed by atoms with E-state index >= 15 is 0 Å². The Labute approximate surface area is 143 Å². The Morgan fingerprint density at radius 2 is 1.83 bits per heavy atom. The van der Waals surface area contributed by atoms with Crippen molar-refractivity contribution in [2.24, 2.45) is 0 Å². The SMILES string of the molecule is CCN(CC)c1ccc(Nc2nnc(C(C)(C)C)c(=O)[nH]2)c(C)c1. The van der Waals surface area contributed by atoms with Crippen LogP contribution in [-0.2, 0) is 5.41 Å². The Morgan fingerprint density at radius 1 is 1.17 bits per heavy atom. The fourth-order valence-corrected chi connectivity index (χ4v) is 2.59. The minimum Gasteiger partial charge on any atom is -0.372 e. The molecule has 0 amide bonds. The number of benzene rings is 1. The number of hydrogen-bond acceptors (Lipinski definition) is 5. The van der Waals surface area contributed by atoms with Gasteiger partial charge in [-0.05, 0) is 44.5 Å². The fraction of sp³-hybridized carbons (Fsp3) is 0.500. The van der Waals surface area contributed by atoms with Crippen molar-refractivity contribution < 1.29 is 0 Å². The van der Waals surface area contributed by atoms with Crippen molar-refractivity contribution in [1.82, 2.24) is 15.2 Å². The molecule has 0 saturated carbocycles. The Morgan fingerprint density at radius 3 is 2.33 bits per heavy atom. The summed E-state index contributed by atoms with van der Waals surface area (Å²) in [5.41, 5.74) is 3.06. The van der Waals surface area contributed by atoms with Gasteiger partial charge in [0, 0.05) is 29.9 Å². The van der Waals surface area contributed by atoms with Crippen LogP contribution in [0.2, 0.25) is 0 Å². The Hall–Kier alpha value is -2.37. The zero-order valence-corrected chi connectivity index (χ0v) is 15.4. The van der Waals surface area contributed by atoms with Gasteiger partial charge in [0.15, 0.2) is 0 Å². The quantitative estimate of drug-likeness (QED) is 0.880. The number of aromatic nitrogens is 3. The minimum atomic E-state index is -0.333. The van der Waals surface area contributed by atoms with Crippen LogP contribution < -0.4 is 15.8 Å². The molecule has 0 radical (unpaired) electrons. The number of nitrogens with one attached hydrogen (secondary N) is 2. The lowest BCUT2D eigenvalue weighted by molar-refractivity contribution is 0.547. The van der Waals surface area contributed by atoms with Crippen molar-refractivity contribution in [1.29, 1.82) is 0 Å². The molecule has 0 fully saturated rings. The van der Waals surface area contributed by atoms with E-state index < -0.39 is 0 Å². The second-order valence-corrected chi connectivity index (χ2v) is 6.90. The molecule has 130 valence electrons. The molecule has 6 heteroatoms. The zero-order chi connectivity index (χ0) is 17.9. The Balaban J connectivity index is 2.26. The highest BCUT2D eigenvalue weighted by Crippen LogP contribution is 2.24. The van der Waals surface area contributed by atoms with Gasteiger partial charge in [0.05, 0.1) is 0 Å². The molecule has 0 saturated heterocycles. The summed E-state index contributed by atoms with van der Waals surface area (Å²) in [6, 6.07) is 6.20. The maximum atomic E-state index is 12.2.